The van der Waals surface area contributed by atoms with Crippen LogP contribution in [0.15, 0.2) is 73.4 Å². The van der Waals surface area contributed by atoms with Crippen LogP contribution in [0.2, 0.25) is 0 Å². The van der Waals surface area contributed by atoms with Gasteiger partial charge in [-0.1, -0.05) is 30.3 Å². The van der Waals surface area contributed by atoms with Crippen molar-refractivity contribution in [2.24, 2.45) is 0 Å². The second kappa shape index (κ2) is 6.52. The number of hydrogen-bond donors (Lipinski definition) is 1. The van der Waals surface area contributed by atoms with Crippen LogP contribution in [-0.2, 0) is 6.54 Å². The van der Waals surface area contributed by atoms with Gasteiger partial charge in [-0.25, -0.2) is 9.97 Å². The van der Waals surface area contributed by atoms with Crippen LogP contribution >= 0.6 is 0 Å². The van der Waals surface area contributed by atoms with E-state index in [-0.39, 0.29) is 5.91 Å². The number of hydrogen-bond acceptors (Lipinski definition) is 4. The minimum absolute atomic E-state index is 0.190. The standard InChI is InChI=1S/C19H15N5O/c25-19(22-11-14-5-2-1-3-6-14)15-12-20-10-8-17(15)24-13-23-16-7-4-9-21-18(16)24/h1-10,12-13H,11H2,(H,22,25). The molecular weight excluding hydrogens is 314 g/mol. The van der Waals surface area contributed by atoms with Gasteiger partial charge in [-0.05, 0) is 23.8 Å². The van der Waals surface area contributed by atoms with E-state index in [1.807, 2.05) is 42.5 Å². The molecule has 0 unspecified atom stereocenters. The average Bonchev–Trinajstić information content (AvgIpc) is 3.11. The van der Waals surface area contributed by atoms with Gasteiger partial charge in [0.2, 0.25) is 0 Å². The fourth-order valence-corrected chi connectivity index (χ4v) is 2.67. The Hall–Kier alpha value is -3.54. The summed E-state index contributed by atoms with van der Waals surface area (Å²) in [7, 11) is 0. The number of fused-ring (bicyclic) bond motifs is 1. The highest BCUT2D eigenvalue weighted by Gasteiger charge is 2.15. The first-order valence-electron chi connectivity index (χ1n) is 7.87. The topological polar surface area (TPSA) is 72.7 Å². The Morgan fingerprint density at radius 1 is 1.00 bits per heavy atom. The van der Waals surface area contributed by atoms with E-state index in [2.05, 4.69) is 20.3 Å². The van der Waals surface area contributed by atoms with E-state index >= 15 is 0 Å². The largest absolute Gasteiger partial charge is 0.348 e. The molecule has 122 valence electrons. The lowest BCUT2D eigenvalue weighted by atomic mass is 10.2. The summed E-state index contributed by atoms with van der Waals surface area (Å²) in [5.41, 5.74) is 3.68. The molecule has 1 N–H and O–H groups in total. The molecule has 4 rings (SSSR count). The molecule has 0 bridgehead atoms. The van der Waals surface area contributed by atoms with Crippen molar-refractivity contribution >= 4 is 17.1 Å². The molecule has 0 fully saturated rings. The third-order valence-electron chi connectivity index (χ3n) is 3.90. The number of nitrogens with zero attached hydrogens (tertiary/aromatic N) is 4. The predicted octanol–water partition coefficient (Wildman–Crippen LogP) is 2.75. The monoisotopic (exact) mass is 329 g/mol. The lowest BCUT2D eigenvalue weighted by Crippen LogP contribution is -2.24. The molecule has 1 aromatic carbocycles. The van der Waals surface area contributed by atoms with Gasteiger partial charge in [-0.15, -0.1) is 0 Å². The van der Waals surface area contributed by atoms with Crippen LogP contribution in [0.5, 0.6) is 0 Å². The zero-order valence-corrected chi connectivity index (χ0v) is 13.3. The predicted molar refractivity (Wildman–Crippen MR) is 94.3 cm³/mol. The third-order valence-corrected chi connectivity index (χ3v) is 3.90. The number of imidazole rings is 1. The molecule has 1 amide bonds. The van der Waals surface area contributed by atoms with Gasteiger partial charge in [0.05, 0.1) is 11.3 Å². The molecule has 25 heavy (non-hydrogen) atoms. The Morgan fingerprint density at radius 2 is 1.88 bits per heavy atom. The van der Waals surface area contributed by atoms with E-state index in [1.165, 1.54) is 0 Å². The quantitative estimate of drug-likeness (QED) is 0.625. The smallest absolute Gasteiger partial charge is 0.255 e. The molecule has 0 aliphatic rings. The van der Waals surface area contributed by atoms with Crippen LogP contribution in [0.3, 0.4) is 0 Å². The summed E-state index contributed by atoms with van der Waals surface area (Å²) in [6.45, 7) is 0.455. The number of rotatable bonds is 4. The molecule has 6 nitrogen and oxygen atoms in total. The van der Waals surface area contributed by atoms with E-state index in [0.717, 1.165) is 11.1 Å². The Morgan fingerprint density at radius 3 is 2.76 bits per heavy atom. The summed E-state index contributed by atoms with van der Waals surface area (Å²) in [6, 6.07) is 15.3. The van der Waals surface area contributed by atoms with Crippen molar-refractivity contribution in [1.29, 1.82) is 0 Å². The molecule has 0 radical (unpaired) electrons. The molecule has 3 heterocycles. The van der Waals surface area contributed by atoms with E-state index < -0.39 is 0 Å². The molecule has 0 aliphatic carbocycles. The first kappa shape index (κ1) is 15.0. The number of amides is 1. The number of carbonyl (C=O) groups excluding carboxylic acids is 1. The zero-order chi connectivity index (χ0) is 17.1. The molecule has 0 saturated carbocycles. The van der Waals surface area contributed by atoms with E-state index in [4.69, 9.17) is 0 Å². The number of pyridine rings is 2. The lowest BCUT2D eigenvalue weighted by Gasteiger charge is -2.11. The number of benzene rings is 1. The Balaban J connectivity index is 1.66. The van der Waals surface area contributed by atoms with Gasteiger partial charge in [0.1, 0.15) is 11.8 Å². The van der Waals surface area contributed by atoms with E-state index in [9.17, 15) is 4.79 Å². The average molecular weight is 329 g/mol. The first-order valence-corrected chi connectivity index (χ1v) is 7.87. The van der Waals surface area contributed by atoms with E-state index in [1.54, 1.807) is 35.6 Å². The van der Waals surface area contributed by atoms with Crippen molar-refractivity contribution in [3.8, 4) is 5.69 Å². The van der Waals surface area contributed by atoms with Gasteiger partial charge in [-0.2, -0.15) is 0 Å². The summed E-state index contributed by atoms with van der Waals surface area (Å²) in [6.07, 6.45) is 6.58. The molecule has 3 aromatic heterocycles. The second-order valence-corrected chi connectivity index (χ2v) is 5.52. The van der Waals surface area contributed by atoms with Gasteiger partial charge in [0.25, 0.3) is 5.91 Å². The van der Waals surface area contributed by atoms with Gasteiger partial charge in [0, 0.05) is 25.1 Å². The highest BCUT2D eigenvalue weighted by molar-refractivity contribution is 5.98. The summed E-state index contributed by atoms with van der Waals surface area (Å²) >= 11 is 0. The van der Waals surface area contributed by atoms with Crippen LogP contribution in [0, 0.1) is 0 Å². The number of nitrogens with one attached hydrogen (secondary N) is 1. The zero-order valence-electron chi connectivity index (χ0n) is 13.3. The highest BCUT2D eigenvalue weighted by Crippen LogP contribution is 2.19. The minimum Gasteiger partial charge on any atom is -0.348 e. The molecule has 0 aliphatic heterocycles. The van der Waals surface area contributed by atoms with Crippen molar-refractivity contribution in [1.82, 2.24) is 24.8 Å². The summed E-state index contributed by atoms with van der Waals surface area (Å²) in [5.74, 6) is -0.190. The van der Waals surface area contributed by atoms with Crippen molar-refractivity contribution in [2.75, 3.05) is 0 Å². The highest BCUT2D eigenvalue weighted by atomic mass is 16.1. The third kappa shape index (κ3) is 2.97. The first-order chi connectivity index (χ1) is 12.3. The van der Waals surface area contributed by atoms with Crippen molar-refractivity contribution in [3.63, 3.8) is 0 Å². The van der Waals surface area contributed by atoms with Gasteiger partial charge >= 0.3 is 0 Å². The minimum atomic E-state index is -0.190. The maximum atomic E-state index is 12.7. The molecular formula is C19H15N5O. The van der Waals surface area contributed by atoms with Crippen molar-refractivity contribution < 1.29 is 4.79 Å². The van der Waals surface area contributed by atoms with Crippen LogP contribution in [0.4, 0.5) is 0 Å². The van der Waals surface area contributed by atoms with Crippen molar-refractivity contribution in [2.45, 2.75) is 6.54 Å². The molecule has 6 heteroatoms. The molecule has 4 aromatic rings. The SMILES string of the molecule is O=C(NCc1ccccc1)c1cnccc1-n1cnc2cccnc21. The van der Waals surface area contributed by atoms with Gasteiger partial charge in [-0.3, -0.25) is 14.3 Å². The molecule has 0 saturated heterocycles. The van der Waals surface area contributed by atoms with E-state index in [0.29, 0.717) is 23.4 Å². The summed E-state index contributed by atoms with van der Waals surface area (Å²) < 4.78 is 1.80. The normalized spacial score (nSPS) is 10.7. The Bertz CT molecular complexity index is 1030. The fourth-order valence-electron chi connectivity index (χ4n) is 2.67. The van der Waals surface area contributed by atoms with Crippen molar-refractivity contribution in [3.05, 3.63) is 84.6 Å². The van der Waals surface area contributed by atoms with Crippen LogP contribution in [0.25, 0.3) is 16.9 Å². The Labute approximate surface area is 144 Å². The van der Waals surface area contributed by atoms with Crippen LogP contribution in [0.1, 0.15) is 15.9 Å². The second-order valence-electron chi connectivity index (χ2n) is 5.52. The molecule has 0 atom stereocenters. The van der Waals surface area contributed by atoms with Gasteiger partial charge in [0.15, 0.2) is 5.65 Å². The maximum Gasteiger partial charge on any atom is 0.255 e. The maximum absolute atomic E-state index is 12.7. The molecule has 0 spiro atoms. The van der Waals surface area contributed by atoms with Gasteiger partial charge < -0.3 is 5.32 Å². The fraction of sp³-hybridized carbons (Fsp3) is 0.0526. The Kier molecular flexibility index (Phi) is 3.92. The summed E-state index contributed by atoms with van der Waals surface area (Å²) in [4.78, 5) is 25.5. The summed E-state index contributed by atoms with van der Waals surface area (Å²) in [5, 5.41) is 2.93. The van der Waals surface area contributed by atoms with Crippen LogP contribution in [-0.4, -0.2) is 25.4 Å². The number of carbonyl (C=O) groups is 1. The number of aromatic nitrogens is 4. The van der Waals surface area contributed by atoms with Crippen LogP contribution < -0.4 is 5.32 Å². The lowest BCUT2D eigenvalue weighted by molar-refractivity contribution is 0.0950.